The van der Waals surface area contributed by atoms with Gasteiger partial charge in [-0.15, -0.1) is 0 Å². The summed E-state index contributed by atoms with van der Waals surface area (Å²) in [5.74, 6) is -4.25. The molecule has 0 bridgehead atoms. The van der Waals surface area contributed by atoms with Crippen molar-refractivity contribution in [3.8, 4) is 0 Å². The average Bonchev–Trinajstić information content (AvgIpc) is 3.97. The molecule has 64 heavy (non-hydrogen) atoms. The SMILES string of the molecule is CC(C)[C@@H](C(=O)N(C)[C@@H](CC(=O)OC(C)(C)C)C(=O)N1CCCCC1)N(C)C(=O)C1(NC(=O)[C@@H]2CCCN2C(=O)[C@H](CCc2ccccc2)CC(=O)OCc2ccccc2)CCCC1. The van der Waals surface area contributed by atoms with Crippen LogP contribution in [-0.2, 0) is 56.1 Å². The normalized spacial score (nSPS) is 18.7. The summed E-state index contributed by atoms with van der Waals surface area (Å²) in [6, 6.07) is 16.0. The molecule has 5 rings (SSSR count). The molecule has 14 heteroatoms. The van der Waals surface area contributed by atoms with Gasteiger partial charge in [0.1, 0.15) is 35.9 Å². The lowest BCUT2D eigenvalue weighted by molar-refractivity contribution is -0.162. The zero-order valence-electron chi connectivity index (χ0n) is 39.1. The number of nitrogens with one attached hydrogen (secondary N) is 1. The Morgan fingerprint density at radius 1 is 0.750 bits per heavy atom. The molecule has 0 aromatic heterocycles. The van der Waals surface area contributed by atoms with Crippen LogP contribution in [0.2, 0.25) is 0 Å². The predicted octanol–water partition coefficient (Wildman–Crippen LogP) is 5.84. The van der Waals surface area contributed by atoms with Crippen molar-refractivity contribution in [1.82, 2.24) is 24.9 Å². The summed E-state index contributed by atoms with van der Waals surface area (Å²) in [6.45, 7) is 10.3. The number of ether oxygens (including phenoxy) is 2. The minimum absolute atomic E-state index is 0.0848. The van der Waals surface area contributed by atoms with Gasteiger partial charge in [-0.3, -0.25) is 33.6 Å². The highest BCUT2D eigenvalue weighted by Crippen LogP contribution is 2.34. The summed E-state index contributed by atoms with van der Waals surface area (Å²) >= 11 is 0. The molecule has 1 saturated carbocycles. The lowest BCUT2D eigenvalue weighted by atomic mass is 9.91. The number of hydrogen-bond acceptors (Lipinski definition) is 9. The van der Waals surface area contributed by atoms with E-state index in [-0.39, 0.29) is 31.3 Å². The van der Waals surface area contributed by atoms with Crippen molar-refractivity contribution >= 4 is 41.5 Å². The van der Waals surface area contributed by atoms with E-state index in [1.54, 1.807) is 37.6 Å². The number of likely N-dealkylation sites (N-methyl/N-ethyl adjacent to an activating group) is 2. The highest BCUT2D eigenvalue weighted by Gasteiger charge is 2.50. The molecule has 3 fully saturated rings. The molecule has 1 aliphatic carbocycles. The summed E-state index contributed by atoms with van der Waals surface area (Å²) in [7, 11) is 3.06. The number of piperidine rings is 1. The number of rotatable bonds is 18. The van der Waals surface area contributed by atoms with E-state index in [4.69, 9.17) is 9.47 Å². The third-order valence-electron chi connectivity index (χ3n) is 12.9. The summed E-state index contributed by atoms with van der Waals surface area (Å²) < 4.78 is 11.2. The van der Waals surface area contributed by atoms with Crippen molar-refractivity contribution in [1.29, 1.82) is 0 Å². The van der Waals surface area contributed by atoms with Gasteiger partial charge < -0.3 is 34.4 Å². The second-order valence-corrected chi connectivity index (χ2v) is 19.3. The van der Waals surface area contributed by atoms with Crippen LogP contribution >= 0.6 is 0 Å². The summed E-state index contributed by atoms with van der Waals surface area (Å²) in [6.07, 6.45) is 6.10. The van der Waals surface area contributed by atoms with Crippen molar-refractivity contribution in [3.63, 3.8) is 0 Å². The standard InChI is InChI=1S/C50H71N5O9/c1-35(2)43(47(61)52(6)40(33-42(57)64-49(3,4)5)46(60)54-29-17-10-18-30-54)53(7)48(62)50(27-15-16-28-50)51-44(58)39-24-19-31-55(39)45(59)38(26-25-36-20-11-8-12-21-36)32-41(56)63-34-37-22-13-9-14-23-37/h8-9,11-14,20-23,35,38-40,43H,10,15-19,24-34H2,1-7H3,(H,51,58)/t38-,39+,40+,43+/m1/s1. The Balaban J connectivity index is 1.32. The van der Waals surface area contributed by atoms with E-state index < -0.39 is 70.8 Å². The molecule has 1 N–H and O–H groups in total. The summed E-state index contributed by atoms with van der Waals surface area (Å²) in [5, 5.41) is 3.11. The monoisotopic (exact) mass is 886 g/mol. The molecule has 2 aliphatic heterocycles. The fourth-order valence-electron chi connectivity index (χ4n) is 9.50. The summed E-state index contributed by atoms with van der Waals surface area (Å²) in [4.78, 5) is 105. The largest absolute Gasteiger partial charge is 0.461 e. The molecule has 2 aromatic rings. The summed E-state index contributed by atoms with van der Waals surface area (Å²) in [5.41, 5.74) is -0.268. The van der Waals surface area contributed by atoms with Crippen LogP contribution < -0.4 is 5.32 Å². The number of esters is 2. The number of nitrogens with zero attached hydrogens (tertiary/aromatic N) is 4. The maximum absolute atomic E-state index is 14.9. The van der Waals surface area contributed by atoms with Crippen LogP contribution in [0.5, 0.6) is 0 Å². The Labute approximate surface area is 379 Å². The second-order valence-electron chi connectivity index (χ2n) is 19.3. The minimum Gasteiger partial charge on any atom is -0.461 e. The highest BCUT2D eigenvalue weighted by molar-refractivity contribution is 5.98. The van der Waals surface area contributed by atoms with E-state index in [9.17, 15) is 33.6 Å². The van der Waals surface area contributed by atoms with Crippen LogP contribution in [0.25, 0.3) is 0 Å². The van der Waals surface area contributed by atoms with Crippen LogP contribution in [0.4, 0.5) is 0 Å². The van der Waals surface area contributed by atoms with Crippen LogP contribution in [0.3, 0.4) is 0 Å². The fraction of sp³-hybridized carbons (Fsp3) is 0.620. The molecule has 0 spiro atoms. The Morgan fingerprint density at radius 2 is 1.36 bits per heavy atom. The minimum atomic E-state index is -1.33. The fourth-order valence-corrected chi connectivity index (χ4v) is 9.50. The topological polar surface area (TPSA) is 163 Å². The number of amides is 5. The van der Waals surface area contributed by atoms with Crippen LogP contribution in [0.15, 0.2) is 60.7 Å². The molecule has 3 aliphatic rings. The molecule has 0 unspecified atom stereocenters. The lowest BCUT2D eigenvalue weighted by Gasteiger charge is -2.41. The van der Waals surface area contributed by atoms with Crippen LogP contribution in [0.1, 0.15) is 123 Å². The zero-order chi connectivity index (χ0) is 46.6. The van der Waals surface area contributed by atoms with Crippen LogP contribution in [0, 0.1) is 11.8 Å². The van der Waals surface area contributed by atoms with Crippen molar-refractivity contribution in [2.24, 2.45) is 11.8 Å². The second kappa shape index (κ2) is 22.6. The maximum Gasteiger partial charge on any atom is 0.308 e. The van der Waals surface area contributed by atoms with Crippen molar-refractivity contribution in [2.45, 2.75) is 154 Å². The Kier molecular flexibility index (Phi) is 17.5. The zero-order valence-corrected chi connectivity index (χ0v) is 39.1. The predicted molar refractivity (Wildman–Crippen MR) is 242 cm³/mol. The number of benzene rings is 2. The molecule has 0 radical (unpaired) electrons. The Hall–Kier alpha value is -5.27. The van der Waals surface area contributed by atoms with E-state index in [1.165, 1.54) is 16.8 Å². The Morgan fingerprint density at radius 3 is 1.95 bits per heavy atom. The third-order valence-corrected chi connectivity index (χ3v) is 12.9. The van der Waals surface area contributed by atoms with Crippen LogP contribution in [-0.4, -0.2) is 124 Å². The number of aryl methyl sites for hydroxylation is 1. The van der Waals surface area contributed by atoms with E-state index in [1.807, 2.05) is 74.5 Å². The molecule has 2 aromatic carbocycles. The van der Waals surface area contributed by atoms with Gasteiger partial charge >= 0.3 is 11.9 Å². The quantitative estimate of drug-likeness (QED) is 0.181. The lowest BCUT2D eigenvalue weighted by Crippen LogP contribution is -2.64. The first-order valence-corrected chi connectivity index (χ1v) is 23.3. The maximum atomic E-state index is 14.9. The van der Waals surface area contributed by atoms with Gasteiger partial charge in [-0.2, -0.15) is 0 Å². The first-order valence-electron chi connectivity index (χ1n) is 23.3. The molecule has 4 atom stereocenters. The van der Waals surface area contributed by atoms with Gasteiger partial charge in [0, 0.05) is 39.6 Å². The highest BCUT2D eigenvalue weighted by atomic mass is 16.6. The smallest absolute Gasteiger partial charge is 0.308 e. The molecule has 2 saturated heterocycles. The number of carbonyl (C=O) groups is 7. The van der Waals surface area contributed by atoms with Gasteiger partial charge in [-0.1, -0.05) is 87.4 Å². The number of likely N-dealkylation sites (tertiary alicyclic amines) is 2. The van der Waals surface area contributed by atoms with E-state index in [0.717, 1.165) is 30.4 Å². The van der Waals surface area contributed by atoms with Crippen molar-refractivity contribution in [3.05, 3.63) is 71.8 Å². The van der Waals surface area contributed by atoms with E-state index >= 15 is 0 Å². The first kappa shape index (κ1) is 49.7. The molecular formula is C50H71N5O9. The molecule has 14 nitrogen and oxygen atoms in total. The average molecular weight is 886 g/mol. The molecule has 350 valence electrons. The van der Waals surface area contributed by atoms with Gasteiger partial charge in [0.05, 0.1) is 12.8 Å². The van der Waals surface area contributed by atoms with Gasteiger partial charge in [0.25, 0.3) is 0 Å². The van der Waals surface area contributed by atoms with Crippen molar-refractivity contribution < 1.29 is 43.0 Å². The van der Waals surface area contributed by atoms with E-state index in [2.05, 4.69) is 5.32 Å². The van der Waals surface area contributed by atoms with E-state index in [0.29, 0.717) is 71.0 Å². The van der Waals surface area contributed by atoms with Gasteiger partial charge in [0.15, 0.2) is 0 Å². The molecule has 5 amide bonds. The molecule has 2 heterocycles. The molecular weight excluding hydrogens is 815 g/mol. The number of carbonyl (C=O) groups excluding carboxylic acids is 7. The first-order chi connectivity index (χ1) is 30.4. The van der Waals surface area contributed by atoms with Gasteiger partial charge in [-0.25, -0.2) is 0 Å². The third kappa shape index (κ3) is 13.2. The van der Waals surface area contributed by atoms with Crippen molar-refractivity contribution in [2.75, 3.05) is 33.7 Å². The number of hydrogen-bond donors (Lipinski definition) is 1. The van der Waals surface area contributed by atoms with Gasteiger partial charge in [-0.05, 0) is 95.6 Å². The van der Waals surface area contributed by atoms with Gasteiger partial charge in [0.2, 0.25) is 29.5 Å². The Bertz CT molecular complexity index is 1920.